The van der Waals surface area contributed by atoms with Gasteiger partial charge >= 0.3 is 0 Å². The second kappa shape index (κ2) is 7.31. The predicted molar refractivity (Wildman–Crippen MR) is 106 cm³/mol. The second-order valence-electron chi connectivity index (χ2n) is 7.13. The van der Waals surface area contributed by atoms with E-state index in [0.29, 0.717) is 0 Å². The highest BCUT2D eigenvalue weighted by Gasteiger charge is 2.32. The molecule has 6 heteroatoms. The van der Waals surface area contributed by atoms with Gasteiger partial charge in [-0.2, -0.15) is 0 Å². The summed E-state index contributed by atoms with van der Waals surface area (Å²) in [7, 11) is 2.00. The topological polar surface area (TPSA) is 85.0 Å². The van der Waals surface area contributed by atoms with Gasteiger partial charge in [-0.1, -0.05) is 18.9 Å². The first kappa shape index (κ1) is 17.4. The van der Waals surface area contributed by atoms with E-state index in [1.165, 1.54) is 0 Å². The van der Waals surface area contributed by atoms with E-state index in [1.54, 1.807) is 12.4 Å². The maximum atomic E-state index is 11.9. The monoisotopic (exact) mass is 361 g/mol. The van der Waals surface area contributed by atoms with Crippen molar-refractivity contribution in [2.45, 2.75) is 31.7 Å². The van der Waals surface area contributed by atoms with Crippen molar-refractivity contribution in [2.24, 2.45) is 11.7 Å². The Balaban J connectivity index is 1.65. The molecule has 0 bridgehead atoms. The van der Waals surface area contributed by atoms with Crippen molar-refractivity contribution < 1.29 is 4.79 Å². The lowest BCUT2D eigenvalue weighted by molar-refractivity contribution is -0.123. The summed E-state index contributed by atoms with van der Waals surface area (Å²) in [5, 5.41) is 0. The zero-order valence-corrected chi connectivity index (χ0v) is 15.4. The number of hydrogen-bond donors (Lipinski definition) is 1. The number of rotatable bonds is 4. The van der Waals surface area contributed by atoms with Crippen molar-refractivity contribution in [2.75, 3.05) is 11.9 Å². The minimum Gasteiger partial charge on any atom is -0.369 e. The van der Waals surface area contributed by atoms with Gasteiger partial charge in [0.25, 0.3) is 0 Å². The van der Waals surface area contributed by atoms with Gasteiger partial charge in [-0.05, 0) is 48.2 Å². The van der Waals surface area contributed by atoms with E-state index in [9.17, 15) is 4.79 Å². The van der Waals surface area contributed by atoms with Crippen LogP contribution in [0.15, 0.2) is 48.9 Å². The fourth-order valence-corrected chi connectivity index (χ4v) is 4.01. The van der Waals surface area contributed by atoms with E-state index in [2.05, 4.69) is 25.9 Å². The number of carbonyl (C=O) groups excluding carboxylic acids is 1. The number of pyridine rings is 1. The molecular weight excluding hydrogens is 338 g/mol. The van der Waals surface area contributed by atoms with Gasteiger partial charge in [0.15, 0.2) is 0 Å². The van der Waals surface area contributed by atoms with E-state index >= 15 is 0 Å². The van der Waals surface area contributed by atoms with Crippen LogP contribution in [0.3, 0.4) is 0 Å². The first-order valence-electron chi connectivity index (χ1n) is 9.33. The van der Waals surface area contributed by atoms with Crippen molar-refractivity contribution >= 4 is 22.8 Å². The van der Waals surface area contributed by atoms with Crippen LogP contribution in [0.5, 0.6) is 0 Å². The average Bonchev–Trinajstić information content (AvgIpc) is 2.73. The average molecular weight is 361 g/mol. The number of benzene rings is 1. The molecular formula is C21H23N5O. The number of primary amides is 1. The van der Waals surface area contributed by atoms with Crippen LogP contribution >= 0.6 is 0 Å². The third kappa shape index (κ3) is 3.47. The zero-order valence-electron chi connectivity index (χ0n) is 15.4. The van der Waals surface area contributed by atoms with E-state index in [-0.39, 0.29) is 17.9 Å². The zero-order chi connectivity index (χ0) is 18.8. The van der Waals surface area contributed by atoms with E-state index in [4.69, 9.17) is 5.73 Å². The quantitative estimate of drug-likeness (QED) is 0.771. The molecule has 1 fully saturated rings. The number of nitrogens with zero attached hydrogens (tertiary/aromatic N) is 4. The van der Waals surface area contributed by atoms with Crippen LogP contribution in [0.4, 0.5) is 5.82 Å². The lowest BCUT2D eigenvalue weighted by Gasteiger charge is -2.37. The summed E-state index contributed by atoms with van der Waals surface area (Å²) in [6, 6.07) is 10.2. The molecule has 0 saturated heterocycles. The Morgan fingerprint density at radius 2 is 1.70 bits per heavy atom. The van der Waals surface area contributed by atoms with Crippen molar-refractivity contribution in [3.63, 3.8) is 0 Å². The van der Waals surface area contributed by atoms with Gasteiger partial charge < -0.3 is 10.6 Å². The standard InChI is InChI=1S/C21H23N5O/c1-26(19-5-3-2-4-16(19)21(22)27)20-13-15(8-9-25-20)14-6-7-17-18(12-14)24-11-10-23-17/h6-13,16,19H,2-5H2,1H3,(H2,22,27)/t16-,19+/m1/s1. The number of aromatic nitrogens is 3. The van der Waals surface area contributed by atoms with Crippen LogP contribution in [-0.4, -0.2) is 33.9 Å². The second-order valence-corrected chi connectivity index (χ2v) is 7.13. The molecule has 0 unspecified atom stereocenters. The van der Waals surface area contributed by atoms with Crippen LogP contribution in [0.2, 0.25) is 0 Å². The third-order valence-electron chi connectivity index (χ3n) is 5.50. The number of anilines is 1. The highest BCUT2D eigenvalue weighted by Crippen LogP contribution is 2.31. The van der Waals surface area contributed by atoms with Crippen molar-refractivity contribution in [1.29, 1.82) is 0 Å². The smallest absolute Gasteiger partial charge is 0.222 e. The summed E-state index contributed by atoms with van der Waals surface area (Å²) in [6.45, 7) is 0. The van der Waals surface area contributed by atoms with Crippen molar-refractivity contribution in [3.8, 4) is 11.1 Å². The molecule has 138 valence electrons. The molecule has 1 aromatic carbocycles. The van der Waals surface area contributed by atoms with Gasteiger partial charge in [0, 0.05) is 31.7 Å². The molecule has 1 aliphatic carbocycles. The Kier molecular flexibility index (Phi) is 4.71. The lowest BCUT2D eigenvalue weighted by atomic mass is 9.83. The molecule has 2 atom stereocenters. The Morgan fingerprint density at radius 1 is 0.963 bits per heavy atom. The third-order valence-corrected chi connectivity index (χ3v) is 5.50. The molecule has 2 N–H and O–H groups in total. The first-order valence-corrected chi connectivity index (χ1v) is 9.33. The molecule has 2 heterocycles. The van der Waals surface area contributed by atoms with E-state index in [1.807, 2.05) is 37.5 Å². The van der Waals surface area contributed by atoms with Crippen LogP contribution in [0.25, 0.3) is 22.2 Å². The highest BCUT2D eigenvalue weighted by atomic mass is 16.1. The lowest BCUT2D eigenvalue weighted by Crippen LogP contribution is -2.46. The molecule has 0 aliphatic heterocycles. The van der Waals surface area contributed by atoms with Gasteiger partial charge in [0.1, 0.15) is 5.82 Å². The van der Waals surface area contributed by atoms with Gasteiger partial charge in [-0.15, -0.1) is 0 Å². The SMILES string of the molecule is CN(c1cc(-c2ccc3nccnc3c2)ccn1)[C@H]1CCCC[C@H]1C(N)=O. The Morgan fingerprint density at radius 3 is 2.52 bits per heavy atom. The van der Waals surface area contributed by atoms with Gasteiger partial charge in [-0.25, -0.2) is 4.98 Å². The molecule has 6 nitrogen and oxygen atoms in total. The summed E-state index contributed by atoms with van der Waals surface area (Å²) in [4.78, 5) is 27.2. The van der Waals surface area contributed by atoms with Crippen molar-refractivity contribution in [1.82, 2.24) is 15.0 Å². The van der Waals surface area contributed by atoms with Crippen LogP contribution in [0, 0.1) is 5.92 Å². The van der Waals surface area contributed by atoms with Crippen LogP contribution in [-0.2, 0) is 4.79 Å². The molecule has 1 amide bonds. The number of nitrogens with two attached hydrogens (primary N) is 1. The number of amides is 1. The minimum absolute atomic E-state index is 0.0986. The fraction of sp³-hybridized carbons (Fsp3) is 0.333. The molecule has 3 aromatic rings. The molecule has 0 spiro atoms. The summed E-state index contributed by atoms with van der Waals surface area (Å²) in [5.74, 6) is 0.519. The summed E-state index contributed by atoms with van der Waals surface area (Å²) in [5.41, 5.74) is 9.51. The summed E-state index contributed by atoms with van der Waals surface area (Å²) < 4.78 is 0. The van der Waals surface area contributed by atoms with Gasteiger partial charge in [-0.3, -0.25) is 14.8 Å². The number of fused-ring (bicyclic) bond motifs is 1. The molecule has 0 radical (unpaired) electrons. The van der Waals surface area contributed by atoms with Gasteiger partial charge in [0.05, 0.1) is 17.0 Å². The van der Waals surface area contributed by atoms with E-state index in [0.717, 1.165) is 53.7 Å². The molecule has 1 aliphatic rings. The highest BCUT2D eigenvalue weighted by molar-refractivity contribution is 5.82. The van der Waals surface area contributed by atoms with Crippen LogP contribution in [0.1, 0.15) is 25.7 Å². The Labute approximate surface area is 158 Å². The molecule has 27 heavy (non-hydrogen) atoms. The van der Waals surface area contributed by atoms with Gasteiger partial charge in [0.2, 0.25) is 5.91 Å². The summed E-state index contributed by atoms with van der Waals surface area (Å²) >= 11 is 0. The Bertz CT molecular complexity index is 973. The Hall–Kier alpha value is -3.02. The van der Waals surface area contributed by atoms with Crippen LogP contribution < -0.4 is 10.6 Å². The molecule has 1 saturated carbocycles. The number of carbonyl (C=O) groups is 1. The van der Waals surface area contributed by atoms with E-state index < -0.39 is 0 Å². The maximum absolute atomic E-state index is 11.9. The minimum atomic E-state index is -0.212. The normalized spacial score (nSPS) is 19.7. The summed E-state index contributed by atoms with van der Waals surface area (Å²) in [6.07, 6.45) is 9.19. The maximum Gasteiger partial charge on any atom is 0.222 e. The van der Waals surface area contributed by atoms with Crippen molar-refractivity contribution in [3.05, 3.63) is 48.9 Å². The predicted octanol–water partition coefficient (Wildman–Crippen LogP) is 3.17. The first-order chi connectivity index (χ1) is 13.1. The number of hydrogen-bond acceptors (Lipinski definition) is 5. The molecule has 2 aromatic heterocycles. The molecule has 4 rings (SSSR count). The largest absolute Gasteiger partial charge is 0.369 e. The fourth-order valence-electron chi connectivity index (χ4n) is 4.01.